The van der Waals surface area contributed by atoms with Gasteiger partial charge in [0.05, 0.1) is 12.9 Å². The number of fused-ring (bicyclic) bond motifs is 1. The molecule has 142 valence electrons. The van der Waals surface area contributed by atoms with Gasteiger partial charge < -0.3 is 25.8 Å². The van der Waals surface area contributed by atoms with Crippen molar-refractivity contribution in [3.05, 3.63) is 30.9 Å². The van der Waals surface area contributed by atoms with E-state index in [0.717, 1.165) is 0 Å². The SMILES string of the molecule is Nc1ncnc2c1ncn2[C@@H]1O[C@H](CO)[C@@H](O)[C@H]1O.O=P#Cc1ncc[nH]1. The fourth-order valence-corrected chi connectivity index (χ4v) is 2.74. The molecule has 0 aromatic carbocycles. The molecule has 0 amide bonds. The molecular formula is C14H16N7O5P. The average Bonchev–Trinajstić information content (AvgIpc) is 3.38. The summed E-state index contributed by atoms with van der Waals surface area (Å²) < 4.78 is 16.7. The number of H-pyrrole nitrogens is 1. The number of aromatic nitrogens is 6. The van der Waals surface area contributed by atoms with Gasteiger partial charge in [-0.15, -0.1) is 0 Å². The first-order chi connectivity index (χ1) is 13.1. The van der Waals surface area contributed by atoms with Gasteiger partial charge in [0, 0.05) is 0 Å². The third kappa shape index (κ3) is 3.91. The third-order valence-corrected chi connectivity index (χ3v) is 4.13. The van der Waals surface area contributed by atoms with Crippen molar-refractivity contribution in [1.29, 1.82) is 0 Å². The van der Waals surface area contributed by atoms with Crippen LogP contribution in [0.4, 0.5) is 5.82 Å². The normalized spacial score (nSPS) is 24.3. The van der Waals surface area contributed by atoms with Gasteiger partial charge in [0.15, 0.2) is 17.7 Å². The van der Waals surface area contributed by atoms with Crippen LogP contribution in [0.1, 0.15) is 12.1 Å². The number of hydrogen-bond acceptors (Lipinski definition) is 10. The second-order valence-electron chi connectivity index (χ2n) is 5.45. The van der Waals surface area contributed by atoms with Gasteiger partial charge in [-0.1, -0.05) is 0 Å². The van der Waals surface area contributed by atoms with Crippen LogP contribution in [0, 0.1) is 5.63 Å². The molecule has 4 atom stereocenters. The van der Waals surface area contributed by atoms with Crippen LogP contribution >= 0.6 is 7.92 Å². The van der Waals surface area contributed by atoms with E-state index in [1.54, 1.807) is 12.4 Å². The summed E-state index contributed by atoms with van der Waals surface area (Å²) in [5, 5.41) is 28.7. The molecule has 1 aliphatic heterocycles. The molecule has 1 fully saturated rings. The van der Waals surface area contributed by atoms with Gasteiger partial charge in [0.2, 0.25) is 0 Å². The van der Waals surface area contributed by atoms with Crippen LogP contribution in [0.15, 0.2) is 25.0 Å². The molecule has 1 saturated heterocycles. The van der Waals surface area contributed by atoms with Crippen molar-refractivity contribution < 1.29 is 24.6 Å². The fourth-order valence-electron chi connectivity index (χ4n) is 2.54. The minimum atomic E-state index is -1.19. The van der Waals surface area contributed by atoms with Crippen LogP contribution in [0.5, 0.6) is 0 Å². The Labute approximate surface area is 153 Å². The molecule has 27 heavy (non-hydrogen) atoms. The van der Waals surface area contributed by atoms with Crippen LogP contribution < -0.4 is 5.73 Å². The standard InChI is InChI=1S/C10H13N5O4.C4H3N2OP/c11-8-5-9(13-2-12-8)15(3-14-5)10-7(18)6(17)4(1-16)19-10;7-8-3-4-5-1-2-6-4/h2-4,6-7,10,16-18H,1H2,(H2,11,12,13);1-2H,(H,5,6)/t4-,6-,7-,10-;/m1./s1. The summed E-state index contributed by atoms with van der Waals surface area (Å²) in [6.45, 7) is -0.390. The van der Waals surface area contributed by atoms with Gasteiger partial charge in [0.25, 0.3) is 0 Å². The number of nitrogens with two attached hydrogens (primary N) is 1. The molecular weight excluding hydrogens is 377 g/mol. The van der Waals surface area contributed by atoms with Crippen LogP contribution in [0.25, 0.3) is 11.2 Å². The van der Waals surface area contributed by atoms with E-state index >= 15 is 0 Å². The van der Waals surface area contributed by atoms with Crippen molar-refractivity contribution in [1.82, 2.24) is 29.5 Å². The number of nitrogens with one attached hydrogen (secondary N) is 1. The Morgan fingerprint density at radius 3 is 2.74 bits per heavy atom. The summed E-state index contributed by atoms with van der Waals surface area (Å²) in [5.74, 6) is 0.733. The molecule has 4 heterocycles. The first kappa shape index (κ1) is 19.2. The zero-order valence-corrected chi connectivity index (χ0v) is 14.6. The number of imidazole rings is 2. The van der Waals surface area contributed by atoms with Crippen molar-refractivity contribution in [2.45, 2.75) is 24.5 Å². The van der Waals surface area contributed by atoms with Gasteiger partial charge in [-0.2, -0.15) is 0 Å². The van der Waals surface area contributed by atoms with Gasteiger partial charge >= 0.3 is 46.3 Å². The Morgan fingerprint density at radius 2 is 2.11 bits per heavy atom. The average molecular weight is 393 g/mol. The zero-order chi connectivity index (χ0) is 19.4. The number of aliphatic hydroxyl groups is 3. The number of rotatable bonds is 2. The molecule has 6 N–H and O–H groups in total. The van der Waals surface area contributed by atoms with Crippen LogP contribution in [0.3, 0.4) is 0 Å². The number of ether oxygens (including phenoxy) is 1. The summed E-state index contributed by atoms with van der Waals surface area (Å²) in [4.78, 5) is 18.3. The third-order valence-electron chi connectivity index (χ3n) is 3.83. The van der Waals surface area contributed by atoms with E-state index in [0.29, 0.717) is 17.0 Å². The summed E-state index contributed by atoms with van der Waals surface area (Å²) >= 11 is 0. The van der Waals surface area contributed by atoms with Gasteiger partial charge in [-0.25, -0.2) is 15.0 Å². The predicted octanol–water partition coefficient (Wildman–Crippen LogP) is -0.971. The van der Waals surface area contributed by atoms with Gasteiger partial charge in [-0.3, -0.25) is 4.57 Å². The van der Waals surface area contributed by atoms with Crippen LogP contribution in [-0.4, -0.2) is 69.7 Å². The maximum absolute atomic E-state index is 9.95. The zero-order valence-electron chi connectivity index (χ0n) is 13.7. The molecule has 0 bridgehead atoms. The number of aromatic amines is 1. The second kappa shape index (κ2) is 8.40. The molecule has 4 rings (SSSR count). The summed E-state index contributed by atoms with van der Waals surface area (Å²) in [6.07, 6.45) is 1.80. The number of nitrogens with zero attached hydrogens (tertiary/aromatic N) is 5. The maximum atomic E-state index is 9.95. The monoisotopic (exact) mass is 393 g/mol. The molecule has 0 unspecified atom stereocenters. The van der Waals surface area contributed by atoms with Gasteiger partial charge in [0.1, 0.15) is 30.2 Å². The van der Waals surface area contributed by atoms with Crippen molar-refractivity contribution in [2.24, 2.45) is 0 Å². The van der Waals surface area contributed by atoms with E-state index in [9.17, 15) is 14.8 Å². The van der Waals surface area contributed by atoms with E-state index in [1.807, 2.05) is 0 Å². The number of hydrogen-bond donors (Lipinski definition) is 5. The number of anilines is 1. The van der Waals surface area contributed by atoms with Crippen molar-refractivity contribution in [2.75, 3.05) is 12.3 Å². The van der Waals surface area contributed by atoms with Crippen LogP contribution in [-0.2, 0) is 9.30 Å². The topological polar surface area (TPSA) is 185 Å². The second-order valence-corrected chi connectivity index (χ2v) is 5.86. The molecule has 13 heteroatoms. The number of aliphatic hydroxyl groups excluding tert-OH is 3. The number of nitrogen functional groups attached to an aromatic ring is 1. The predicted molar refractivity (Wildman–Crippen MR) is 91.9 cm³/mol. The van der Waals surface area contributed by atoms with E-state index < -0.39 is 31.1 Å². The Kier molecular flexibility index (Phi) is 5.97. The van der Waals surface area contributed by atoms with E-state index in [1.165, 1.54) is 17.2 Å². The van der Waals surface area contributed by atoms with Crippen molar-refractivity contribution in [3.8, 4) is 5.63 Å². The van der Waals surface area contributed by atoms with Crippen molar-refractivity contribution in [3.63, 3.8) is 0 Å². The molecule has 3 aromatic heterocycles. The Balaban J connectivity index is 0.000000221. The quantitative estimate of drug-likeness (QED) is 0.339. The minimum absolute atomic E-state index is 0.138. The molecule has 0 saturated carbocycles. The Hall–Kier alpha value is -2.59. The summed E-state index contributed by atoms with van der Waals surface area (Å²) in [7, 11) is -0.138. The van der Waals surface area contributed by atoms with Crippen LogP contribution in [0.2, 0.25) is 0 Å². The van der Waals surface area contributed by atoms with Gasteiger partial charge in [-0.05, 0) is 0 Å². The van der Waals surface area contributed by atoms with E-state index in [4.69, 9.17) is 15.6 Å². The van der Waals surface area contributed by atoms with E-state index in [2.05, 4.69) is 30.5 Å². The first-order valence-corrected chi connectivity index (χ1v) is 8.51. The fraction of sp³-hybridized carbons (Fsp3) is 0.357. The molecule has 3 aromatic rings. The molecule has 1 aliphatic rings. The van der Waals surface area contributed by atoms with Crippen molar-refractivity contribution >= 4 is 24.9 Å². The molecule has 0 aliphatic carbocycles. The molecule has 0 spiro atoms. The molecule has 12 nitrogen and oxygen atoms in total. The summed E-state index contributed by atoms with van der Waals surface area (Å²) in [6, 6.07) is 0. The molecule has 0 radical (unpaired) electrons. The van der Waals surface area contributed by atoms with E-state index in [-0.39, 0.29) is 13.7 Å². The Bertz CT molecular complexity index is 1010. The first-order valence-electron chi connectivity index (χ1n) is 7.70. The summed E-state index contributed by atoms with van der Waals surface area (Å²) in [5.41, 5.74) is 8.88. The Morgan fingerprint density at radius 1 is 1.30 bits per heavy atom.